The van der Waals surface area contributed by atoms with Crippen molar-refractivity contribution in [3.05, 3.63) is 35.1 Å². The van der Waals surface area contributed by atoms with Crippen LogP contribution in [-0.4, -0.2) is 30.1 Å². The lowest BCUT2D eigenvalue weighted by molar-refractivity contribution is -0.153. The van der Waals surface area contributed by atoms with Crippen LogP contribution in [0, 0.1) is 13.8 Å². The van der Waals surface area contributed by atoms with Gasteiger partial charge in [0.1, 0.15) is 5.58 Å². The molecule has 3 rings (SSSR count). The lowest BCUT2D eigenvalue weighted by atomic mass is 9.96. The SMILES string of the molecule is Cc1cc2occ(CC(=O)OC(C)C(=O)NC(=O)NC3CCCCC3)c2cc1C. The molecule has 0 spiro atoms. The number of hydrogen-bond donors (Lipinski definition) is 2. The fraction of sp³-hybridized carbons (Fsp3) is 0.500. The second kappa shape index (κ2) is 9.11. The van der Waals surface area contributed by atoms with E-state index in [9.17, 15) is 14.4 Å². The zero-order valence-corrected chi connectivity index (χ0v) is 17.2. The average Bonchev–Trinajstić information content (AvgIpc) is 3.04. The van der Waals surface area contributed by atoms with Gasteiger partial charge in [-0.15, -0.1) is 0 Å². The fourth-order valence-corrected chi connectivity index (χ4v) is 3.60. The summed E-state index contributed by atoms with van der Waals surface area (Å²) in [6.45, 7) is 5.44. The van der Waals surface area contributed by atoms with E-state index in [2.05, 4.69) is 10.6 Å². The third kappa shape index (κ3) is 5.37. The predicted molar refractivity (Wildman–Crippen MR) is 108 cm³/mol. The number of carbonyl (C=O) groups is 3. The number of rotatable bonds is 5. The Kier molecular flexibility index (Phi) is 6.56. The molecule has 29 heavy (non-hydrogen) atoms. The number of esters is 1. The maximum absolute atomic E-state index is 12.3. The highest BCUT2D eigenvalue weighted by atomic mass is 16.5. The summed E-state index contributed by atoms with van der Waals surface area (Å²) in [4.78, 5) is 36.4. The lowest BCUT2D eigenvalue weighted by Crippen LogP contribution is -2.48. The van der Waals surface area contributed by atoms with Gasteiger partial charge in [0.2, 0.25) is 0 Å². The third-order valence-corrected chi connectivity index (χ3v) is 5.46. The largest absolute Gasteiger partial charge is 0.464 e. The van der Waals surface area contributed by atoms with Gasteiger partial charge < -0.3 is 14.5 Å². The maximum atomic E-state index is 12.3. The number of urea groups is 1. The van der Waals surface area contributed by atoms with Crippen LogP contribution in [0.4, 0.5) is 4.79 Å². The second-order valence-corrected chi connectivity index (χ2v) is 7.80. The summed E-state index contributed by atoms with van der Waals surface area (Å²) in [6, 6.07) is 3.45. The molecule has 7 heteroatoms. The van der Waals surface area contributed by atoms with Crippen molar-refractivity contribution in [2.75, 3.05) is 0 Å². The molecular weight excluding hydrogens is 372 g/mol. The van der Waals surface area contributed by atoms with Crippen LogP contribution >= 0.6 is 0 Å². The zero-order valence-electron chi connectivity index (χ0n) is 17.2. The normalized spacial score (nSPS) is 15.7. The number of fused-ring (bicyclic) bond motifs is 1. The third-order valence-electron chi connectivity index (χ3n) is 5.46. The van der Waals surface area contributed by atoms with Gasteiger partial charge in [-0.25, -0.2) is 4.79 Å². The van der Waals surface area contributed by atoms with Crippen molar-refractivity contribution in [3.8, 4) is 0 Å². The molecule has 2 N–H and O–H groups in total. The number of amides is 3. The van der Waals surface area contributed by atoms with Crippen molar-refractivity contribution >= 4 is 28.9 Å². The highest BCUT2D eigenvalue weighted by molar-refractivity contribution is 5.97. The molecule has 3 amide bonds. The van der Waals surface area contributed by atoms with Gasteiger partial charge in [0.05, 0.1) is 12.7 Å². The molecule has 1 aliphatic carbocycles. The smallest absolute Gasteiger partial charge is 0.321 e. The quantitative estimate of drug-likeness (QED) is 0.746. The first kappa shape index (κ1) is 20.9. The number of ether oxygens (including phenoxy) is 1. The molecule has 1 saturated carbocycles. The molecule has 1 unspecified atom stereocenters. The van der Waals surface area contributed by atoms with Crippen LogP contribution in [0.15, 0.2) is 22.8 Å². The molecule has 0 radical (unpaired) electrons. The molecule has 1 fully saturated rings. The number of benzene rings is 1. The van der Waals surface area contributed by atoms with Crippen molar-refractivity contribution in [1.29, 1.82) is 0 Å². The molecule has 7 nitrogen and oxygen atoms in total. The van der Waals surface area contributed by atoms with Crippen molar-refractivity contribution in [2.45, 2.75) is 71.4 Å². The van der Waals surface area contributed by atoms with E-state index >= 15 is 0 Å². The predicted octanol–water partition coefficient (Wildman–Crippen LogP) is 3.68. The minimum atomic E-state index is -1.07. The summed E-state index contributed by atoms with van der Waals surface area (Å²) in [5.74, 6) is -1.20. The molecule has 0 saturated heterocycles. The fourth-order valence-electron chi connectivity index (χ4n) is 3.60. The van der Waals surface area contributed by atoms with Crippen LogP contribution in [-0.2, 0) is 20.7 Å². The van der Waals surface area contributed by atoms with Gasteiger partial charge in [0.15, 0.2) is 6.10 Å². The topological polar surface area (TPSA) is 97.6 Å². The summed E-state index contributed by atoms with van der Waals surface area (Å²) in [6.07, 6.45) is 5.63. The lowest BCUT2D eigenvalue weighted by Gasteiger charge is -2.23. The Morgan fingerprint density at radius 2 is 1.83 bits per heavy atom. The van der Waals surface area contributed by atoms with E-state index in [-0.39, 0.29) is 12.5 Å². The monoisotopic (exact) mass is 400 g/mol. The van der Waals surface area contributed by atoms with Gasteiger partial charge in [-0.3, -0.25) is 14.9 Å². The van der Waals surface area contributed by atoms with E-state index in [0.717, 1.165) is 42.2 Å². The second-order valence-electron chi connectivity index (χ2n) is 7.80. The highest BCUT2D eigenvalue weighted by Gasteiger charge is 2.23. The minimum absolute atomic E-state index is 0.0125. The number of nitrogens with one attached hydrogen (secondary N) is 2. The van der Waals surface area contributed by atoms with E-state index in [1.54, 1.807) is 0 Å². The Morgan fingerprint density at radius 1 is 1.14 bits per heavy atom. The Bertz CT molecular complexity index is 911. The van der Waals surface area contributed by atoms with Crippen molar-refractivity contribution in [3.63, 3.8) is 0 Å². The Morgan fingerprint density at radius 3 is 2.55 bits per heavy atom. The van der Waals surface area contributed by atoms with Gasteiger partial charge >= 0.3 is 12.0 Å². The van der Waals surface area contributed by atoms with Crippen molar-refractivity contribution < 1.29 is 23.5 Å². The van der Waals surface area contributed by atoms with Gasteiger partial charge in [0, 0.05) is 17.0 Å². The summed E-state index contributed by atoms with van der Waals surface area (Å²) in [5, 5.41) is 5.91. The molecule has 2 aromatic rings. The highest BCUT2D eigenvalue weighted by Crippen LogP contribution is 2.25. The molecule has 1 atom stereocenters. The zero-order chi connectivity index (χ0) is 21.0. The Hall–Kier alpha value is -2.83. The van der Waals surface area contributed by atoms with E-state index in [0.29, 0.717) is 11.1 Å². The molecule has 156 valence electrons. The minimum Gasteiger partial charge on any atom is -0.464 e. The van der Waals surface area contributed by atoms with Crippen LogP contribution in [0.5, 0.6) is 0 Å². The molecular formula is C22H28N2O5. The molecule has 1 heterocycles. The van der Waals surface area contributed by atoms with Crippen molar-refractivity contribution in [2.24, 2.45) is 0 Å². The van der Waals surface area contributed by atoms with E-state index in [1.807, 2.05) is 26.0 Å². The standard InChI is InChI=1S/C22H28N2O5/c1-13-9-18-16(12-28-19(18)10-14(13)2)11-20(25)29-15(3)21(26)24-22(27)23-17-7-5-4-6-8-17/h9-10,12,15,17H,4-8,11H2,1-3H3,(H2,23,24,26,27). The maximum Gasteiger partial charge on any atom is 0.321 e. The van der Waals surface area contributed by atoms with Crippen molar-refractivity contribution in [1.82, 2.24) is 10.6 Å². The van der Waals surface area contributed by atoms with Gasteiger partial charge in [0.25, 0.3) is 5.91 Å². The van der Waals surface area contributed by atoms with Gasteiger partial charge in [-0.05, 0) is 56.9 Å². The van der Waals surface area contributed by atoms with Crippen LogP contribution in [0.3, 0.4) is 0 Å². The van der Waals surface area contributed by atoms with Gasteiger partial charge in [-0.2, -0.15) is 0 Å². The van der Waals surface area contributed by atoms with Crippen LogP contribution < -0.4 is 10.6 Å². The van der Waals surface area contributed by atoms with Crippen LogP contribution in [0.25, 0.3) is 11.0 Å². The first-order valence-electron chi connectivity index (χ1n) is 10.1. The summed E-state index contributed by atoms with van der Waals surface area (Å²) >= 11 is 0. The van der Waals surface area contributed by atoms with Crippen LogP contribution in [0.2, 0.25) is 0 Å². The van der Waals surface area contributed by atoms with Crippen LogP contribution in [0.1, 0.15) is 55.7 Å². The Balaban J connectivity index is 1.51. The summed E-state index contributed by atoms with van der Waals surface area (Å²) < 4.78 is 10.7. The van der Waals surface area contributed by atoms with E-state index < -0.39 is 24.0 Å². The number of aryl methyl sites for hydroxylation is 2. The molecule has 1 aliphatic rings. The summed E-state index contributed by atoms with van der Waals surface area (Å²) in [5.41, 5.74) is 3.62. The number of imide groups is 1. The summed E-state index contributed by atoms with van der Waals surface area (Å²) in [7, 11) is 0. The number of furan rings is 1. The first-order chi connectivity index (χ1) is 13.8. The van der Waals surface area contributed by atoms with E-state index in [4.69, 9.17) is 9.15 Å². The molecule has 1 aromatic heterocycles. The molecule has 0 aliphatic heterocycles. The molecule has 0 bridgehead atoms. The number of carbonyl (C=O) groups excluding carboxylic acids is 3. The molecule has 1 aromatic carbocycles. The number of hydrogen-bond acceptors (Lipinski definition) is 5. The first-order valence-corrected chi connectivity index (χ1v) is 10.1. The average molecular weight is 400 g/mol. The van der Waals surface area contributed by atoms with Gasteiger partial charge in [-0.1, -0.05) is 19.3 Å². The van der Waals surface area contributed by atoms with E-state index in [1.165, 1.54) is 19.6 Å². The Labute approximate surface area is 170 Å².